The molecule has 0 amide bonds. The maximum atomic E-state index is 12.7. The smallest absolute Gasteiger partial charge is 0.406 e. The minimum absolute atomic E-state index is 0.128. The largest absolute Gasteiger partial charge is 0.573 e. The molecule has 0 aromatic heterocycles. The van der Waals surface area contributed by atoms with Gasteiger partial charge in [0.05, 0.1) is 4.90 Å². The molecule has 0 atom stereocenters. The molecule has 10 heteroatoms. The van der Waals surface area contributed by atoms with E-state index in [2.05, 4.69) is 19.8 Å². The summed E-state index contributed by atoms with van der Waals surface area (Å²) in [6, 6.07) is 4.03. The zero-order valence-corrected chi connectivity index (χ0v) is 16.8. The molecule has 4 bridgehead atoms. The van der Waals surface area contributed by atoms with Gasteiger partial charge in [-0.15, -0.1) is 17.6 Å². The average Bonchev–Trinajstić information content (AvgIpc) is 2.58. The molecule has 4 aliphatic carbocycles. The molecule has 29 heavy (non-hydrogen) atoms. The topological polar surface area (TPSA) is 79.8 Å². The van der Waals surface area contributed by atoms with Gasteiger partial charge in [0.1, 0.15) is 5.75 Å². The van der Waals surface area contributed by atoms with E-state index in [4.69, 9.17) is 0 Å². The lowest BCUT2D eigenvalue weighted by Crippen LogP contribution is -2.61. The molecule has 1 aromatic carbocycles. The predicted octanol–water partition coefficient (Wildman–Crippen LogP) is 3.41. The Morgan fingerprint density at radius 3 is 2.03 bits per heavy atom. The van der Waals surface area contributed by atoms with E-state index in [-0.39, 0.29) is 16.4 Å². The molecule has 0 spiro atoms. The maximum Gasteiger partial charge on any atom is 0.573 e. The fraction of sp³-hybridized carbons (Fsp3) is 0.632. The van der Waals surface area contributed by atoms with E-state index in [1.807, 2.05) is 0 Å². The van der Waals surface area contributed by atoms with E-state index < -0.39 is 22.1 Å². The Kier molecular flexibility index (Phi) is 4.95. The summed E-state index contributed by atoms with van der Waals surface area (Å²) in [5, 5.41) is 6.20. The van der Waals surface area contributed by atoms with Crippen LogP contribution in [-0.4, -0.2) is 33.3 Å². The molecule has 0 aliphatic heterocycles. The van der Waals surface area contributed by atoms with Crippen LogP contribution in [0.25, 0.3) is 0 Å². The van der Waals surface area contributed by atoms with Crippen LogP contribution in [0.1, 0.15) is 38.5 Å². The molecule has 5 rings (SSSR count). The number of halogens is 3. The monoisotopic (exact) mass is 431 g/mol. The number of rotatable bonds is 4. The number of benzene rings is 1. The van der Waals surface area contributed by atoms with Gasteiger partial charge in [0, 0.05) is 12.6 Å². The van der Waals surface area contributed by atoms with Crippen LogP contribution >= 0.6 is 0 Å². The molecular weight excluding hydrogens is 407 g/mol. The molecule has 0 radical (unpaired) electrons. The van der Waals surface area contributed by atoms with Gasteiger partial charge in [0.2, 0.25) is 5.96 Å². The Balaban J connectivity index is 1.52. The number of hydrogen-bond donors (Lipinski definition) is 2. The Morgan fingerprint density at radius 1 is 1.07 bits per heavy atom. The van der Waals surface area contributed by atoms with E-state index in [0.29, 0.717) is 17.8 Å². The number of ether oxygens (including phenoxy) is 1. The molecular formula is C19H24F3N3O3S. The second kappa shape index (κ2) is 7.07. The van der Waals surface area contributed by atoms with E-state index in [9.17, 15) is 21.6 Å². The van der Waals surface area contributed by atoms with Crippen LogP contribution in [0.15, 0.2) is 33.6 Å². The van der Waals surface area contributed by atoms with E-state index >= 15 is 0 Å². The molecule has 0 unspecified atom stereocenters. The number of nitrogens with one attached hydrogen (secondary N) is 2. The van der Waals surface area contributed by atoms with Crippen molar-refractivity contribution in [2.75, 3.05) is 7.05 Å². The molecule has 160 valence electrons. The lowest BCUT2D eigenvalue weighted by Gasteiger charge is -2.57. The highest BCUT2D eigenvalue weighted by Crippen LogP contribution is 2.55. The zero-order chi connectivity index (χ0) is 20.9. The van der Waals surface area contributed by atoms with Crippen LogP contribution in [0.3, 0.4) is 0 Å². The summed E-state index contributed by atoms with van der Waals surface area (Å²) in [5.41, 5.74) is -0.128. The van der Waals surface area contributed by atoms with Crippen molar-refractivity contribution < 1.29 is 26.3 Å². The zero-order valence-electron chi connectivity index (χ0n) is 16.0. The number of hydrogen-bond acceptors (Lipinski definition) is 3. The summed E-state index contributed by atoms with van der Waals surface area (Å²) in [5.74, 6) is 1.74. The maximum absolute atomic E-state index is 12.7. The molecule has 0 heterocycles. The van der Waals surface area contributed by atoms with Crippen molar-refractivity contribution in [1.29, 1.82) is 0 Å². The van der Waals surface area contributed by atoms with Gasteiger partial charge in [-0.05, 0) is 80.5 Å². The van der Waals surface area contributed by atoms with E-state index in [1.165, 1.54) is 19.3 Å². The second-order valence-electron chi connectivity index (χ2n) is 8.51. The van der Waals surface area contributed by atoms with Crippen LogP contribution in [0.5, 0.6) is 5.75 Å². The van der Waals surface area contributed by atoms with Crippen LogP contribution < -0.4 is 15.4 Å². The van der Waals surface area contributed by atoms with Crippen LogP contribution in [0, 0.1) is 17.8 Å². The van der Waals surface area contributed by atoms with Crippen LogP contribution in [0.2, 0.25) is 0 Å². The van der Waals surface area contributed by atoms with Crippen molar-refractivity contribution in [3.63, 3.8) is 0 Å². The quantitative estimate of drug-likeness (QED) is 0.564. The van der Waals surface area contributed by atoms with Crippen LogP contribution in [-0.2, 0) is 10.0 Å². The summed E-state index contributed by atoms with van der Waals surface area (Å²) in [6.07, 6.45) is 2.00. The number of alkyl halides is 3. The lowest BCUT2D eigenvalue weighted by atomic mass is 9.53. The Morgan fingerprint density at radius 2 is 1.59 bits per heavy atom. The van der Waals surface area contributed by atoms with Gasteiger partial charge in [-0.1, -0.05) is 0 Å². The first-order valence-electron chi connectivity index (χ1n) is 9.73. The number of nitrogens with zero attached hydrogens (tertiary/aromatic N) is 1. The molecule has 2 N–H and O–H groups in total. The first-order chi connectivity index (χ1) is 13.6. The lowest BCUT2D eigenvalue weighted by molar-refractivity contribution is -0.274. The van der Waals surface area contributed by atoms with Crippen molar-refractivity contribution in [3.8, 4) is 5.75 Å². The number of guanidine groups is 1. The molecule has 6 nitrogen and oxygen atoms in total. The molecule has 1 aromatic rings. The van der Waals surface area contributed by atoms with Crippen molar-refractivity contribution in [2.45, 2.75) is 55.3 Å². The van der Waals surface area contributed by atoms with E-state index in [1.54, 1.807) is 7.05 Å². The average molecular weight is 431 g/mol. The second-order valence-corrected chi connectivity index (χ2v) is 10.1. The summed E-state index contributed by atoms with van der Waals surface area (Å²) in [6.45, 7) is 0. The number of sulfonamides is 1. The van der Waals surface area contributed by atoms with Gasteiger partial charge < -0.3 is 15.4 Å². The highest BCUT2D eigenvalue weighted by molar-refractivity contribution is 7.90. The third-order valence-electron chi connectivity index (χ3n) is 6.23. The van der Waals surface area contributed by atoms with Gasteiger partial charge in [0.25, 0.3) is 10.0 Å². The normalized spacial score (nSPS) is 31.6. The molecule has 4 aliphatic rings. The highest BCUT2D eigenvalue weighted by atomic mass is 32.2. The first-order valence-corrected chi connectivity index (χ1v) is 11.2. The third-order valence-corrected chi connectivity index (χ3v) is 7.52. The highest BCUT2D eigenvalue weighted by Gasteiger charge is 2.51. The van der Waals surface area contributed by atoms with Gasteiger partial charge in [-0.2, -0.15) is 8.42 Å². The third kappa shape index (κ3) is 4.46. The SMILES string of the molecule is CN/C(=N\S(=O)(=O)c1ccc(OC(F)(F)F)cc1)NC12CC3CC(CC(C3)C1)C2. The van der Waals surface area contributed by atoms with Crippen molar-refractivity contribution >= 4 is 16.0 Å². The Bertz CT molecular complexity index is 862. The summed E-state index contributed by atoms with van der Waals surface area (Å²) in [7, 11) is -2.49. The molecule has 4 fully saturated rings. The molecule has 0 saturated heterocycles. The van der Waals surface area contributed by atoms with Crippen molar-refractivity contribution in [2.24, 2.45) is 22.2 Å². The summed E-state index contributed by atoms with van der Waals surface area (Å²) in [4.78, 5) is -0.202. The van der Waals surface area contributed by atoms with E-state index in [0.717, 1.165) is 43.5 Å². The van der Waals surface area contributed by atoms with Crippen molar-refractivity contribution in [1.82, 2.24) is 10.6 Å². The first kappa shape index (κ1) is 20.3. The fourth-order valence-corrected chi connectivity index (χ4v) is 6.59. The Labute approximate surface area is 168 Å². The standard InChI is InChI=1S/C19H24F3N3O3S/c1-23-17(24-18-9-12-6-13(10-18)8-14(7-12)11-18)25-29(26,27)16-4-2-15(3-5-16)28-19(20,21)22/h2-5,12-14H,6-11H2,1H3,(H2,23,24,25). The minimum Gasteiger partial charge on any atom is -0.406 e. The van der Waals surface area contributed by atoms with Gasteiger partial charge in [-0.3, -0.25) is 0 Å². The Hall–Kier alpha value is -1.97. The van der Waals surface area contributed by atoms with Gasteiger partial charge in [-0.25, -0.2) is 0 Å². The van der Waals surface area contributed by atoms with Gasteiger partial charge >= 0.3 is 6.36 Å². The minimum atomic E-state index is -4.83. The summed E-state index contributed by atoms with van der Waals surface area (Å²) < 4.78 is 69.8. The van der Waals surface area contributed by atoms with Crippen LogP contribution in [0.4, 0.5) is 13.2 Å². The summed E-state index contributed by atoms with van der Waals surface area (Å²) >= 11 is 0. The fourth-order valence-electron chi connectivity index (χ4n) is 5.63. The molecule has 4 saturated carbocycles. The predicted molar refractivity (Wildman–Crippen MR) is 101 cm³/mol. The van der Waals surface area contributed by atoms with Gasteiger partial charge in [0.15, 0.2) is 0 Å². The van der Waals surface area contributed by atoms with Crippen molar-refractivity contribution in [3.05, 3.63) is 24.3 Å².